The molecule has 1 aliphatic rings. The maximum absolute atomic E-state index is 12.1. The summed E-state index contributed by atoms with van der Waals surface area (Å²) in [5, 5.41) is 6.35. The van der Waals surface area contributed by atoms with Crippen molar-refractivity contribution in [2.45, 2.75) is 25.1 Å². The third-order valence-electron chi connectivity index (χ3n) is 3.51. The van der Waals surface area contributed by atoms with E-state index in [0.29, 0.717) is 12.2 Å². The predicted octanol–water partition coefficient (Wildman–Crippen LogP) is 2.33. The van der Waals surface area contributed by atoms with Crippen molar-refractivity contribution in [2.75, 3.05) is 29.6 Å². The molecular formula is C15H23ClN2O2S2. The summed E-state index contributed by atoms with van der Waals surface area (Å²) >= 11 is 1.89. The standard InChI is InChI=1S/C15H22N2O2S2.ClH/c1-11-12(10-21(2)19)4-3-5-14(11)17-15(18)8-13-9-20-7-6-16-13;/h3-5,13,16H,6-10H2,1-2H3,(H,17,18);1H. The Balaban J connectivity index is 0.00000242. The predicted molar refractivity (Wildman–Crippen MR) is 98.6 cm³/mol. The Morgan fingerprint density at radius 3 is 2.91 bits per heavy atom. The molecule has 1 amide bonds. The van der Waals surface area contributed by atoms with Crippen LogP contribution in [0, 0.1) is 6.92 Å². The third kappa shape index (κ3) is 5.91. The Kier molecular flexibility index (Phi) is 8.46. The molecule has 4 nitrogen and oxygen atoms in total. The van der Waals surface area contributed by atoms with Crippen molar-refractivity contribution in [1.29, 1.82) is 0 Å². The van der Waals surface area contributed by atoms with Crippen LogP contribution in [0.5, 0.6) is 0 Å². The number of hydrogen-bond acceptors (Lipinski definition) is 4. The van der Waals surface area contributed by atoms with Gasteiger partial charge in [-0.15, -0.1) is 12.4 Å². The van der Waals surface area contributed by atoms with E-state index in [0.717, 1.165) is 34.9 Å². The molecule has 2 atom stereocenters. The molecule has 1 aromatic rings. The Morgan fingerprint density at radius 2 is 2.27 bits per heavy atom. The first-order valence-corrected chi connectivity index (χ1v) is 9.94. The summed E-state index contributed by atoms with van der Waals surface area (Å²) in [4.78, 5) is 12.1. The van der Waals surface area contributed by atoms with Gasteiger partial charge in [0.15, 0.2) is 0 Å². The molecule has 0 spiro atoms. The number of rotatable bonds is 5. The van der Waals surface area contributed by atoms with E-state index >= 15 is 0 Å². The van der Waals surface area contributed by atoms with Crippen molar-refractivity contribution in [3.05, 3.63) is 29.3 Å². The molecule has 0 saturated carbocycles. The van der Waals surface area contributed by atoms with Crippen LogP contribution in [-0.2, 0) is 21.3 Å². The van der Waals surface area contributed by atoms with Crippen LogP contribution in [0.15, 0.2) is 18.2 Å². The van der Waals surface area contributed by atoms with Gasteiger partial charge >= 0.3 is 0 Å². The summed E-state index contributed by atoms with van der Waals surface area (Å²) in [7, 11) is -0.879. The minimum atomic E-state index is -0.879. The normalized spacial score (nSPS) is 19.1. The van der Waals surface area contributed by atoms with Gasteiger partial charge < -0.3 is 10.6 Å². The molecule has 1 aliphatic heterocycles. The second-order valence-electron chi connectivity index (χ2n) is 5.29. The molecule has 1 saturated heterocycles. The summed E-state index contributed by atoms with van der Waals surface area (Å²) in [5.41, 5.74) is 2.86. The fourth-order valence-corrected chi connectivity index (χ4v) is 4.07. The van der Waals surface area contributed by atoms with Gasteiger partial charge in [-0.3, -0.25) is 9.00 Å². The summed E-state index contributed by atoms with van der Waals surface area (Å²) in [6.45, 7) is 2.94. The molecule has 2 rings (SSSR count). The second kappa shape index (κ2) is 9.55. The number of amides is 1. The average molecular weight is 363 g/mol. The van der Waals surface area contributed by atoms with Crippen LogP contribution in [0.4, 0.5) is 5.69 Å². The van der Waals surface area contributed by atoms with Gasteiger partial charge in [0.1, 0.15) is 0 Å². The van der Waals surface area contributed by atoms with E-state index in [2.05, 4.69) is 10.6 Å². The highest BCUT2D eigenvalue weighted by Crippen LogP contribution is 2.21. The smallest absolute Gasteiger partial charge is 0.225 e. The molecule has 124 valence electrons. The Morgan fingerprint density at radius 1 is 1.50 bits per heavy atom. The maximum atomic E-state index is 12.1. The number of anilines is 1. The Hall–Kier alpha value is -0.560. The highest BCUT2D eigenvalue weighted by molar-refractivity contribution is 7.99. The van der Waals surface area contributed by atoms with Gasteiger partial charge in [0.05, 0.1) is 0 Å². The van der Waals surface area contributed by atoms with Crippen molar-refractivity contribution in [2.24, 2.45) is 0 Å². The molecule has 0 radical (unpaired) electrons. The van der Waals surface area contributed by atoms with E-state index in [-0.39, 0.29) is 24.4 Å². The highest BCUT2D eigenvalue weighted by atomic mass is 35.5. The lowest BCUT2D eigenvalue weighted by molar-refractivity contribution is -0.116. The summed E-state index contributed by atoms with van der Waals surface area (Å²) in [5.74, 6) is 2.67. The number of carbonyl (C=O) groups is 1. The summed E-state index contributed by atoms with van der Waals surface area (Å²) < 4.78 is 11.4. The van der Waals surface area contributed by atoms with Gasteiger partial charge in [0, 0.05) is 59.0 Å². The van der Waals surface area contributed by atoms with E-state index < -0.39 is 10.8 Å². The zero-order valence-electron chi connectivity index (χ0n) is 12.9. The van der Waals surface area contributed by atoms with Gasteiger partial charge in [0.2, 0.25) is 5.91 Å². The molecule has 1 heterocycles. The molecule has 0 bridgehead atoms. The first-order chi connectivity index (χ1) is 10.1. The van der Waals surface area contributed by atoms with Crippen molar-refractivity contribution in [1.82, 2.24) is 5.32 Å². The molecule has 2 N–H and O–H groups in total. The fourth-order valence-electron chi connectivity index (χ4n) is 2.37. The minimum Gasteiger partial charge on any atom is -0.326 e. The van der Waals surface area contributed by atoms with Crippen molar-refractivity contribution in [3.8, 4) is 0 Å². The molecule has 7 heteroatoms. The highest BCUT2D eigenvalue weighted by Gasteiger charge is 2.17. The molecule has 22 heavy (non-hydrogen) atoms. The van der Waals surface area contributed by atoms with Gasteiger partial charge in [-0.1, -0.05) is 12.1 Å². The lowest BCUT2D eigenvalue weighted by Gasteiger charge is -2.22. The first kappa shape index (κ1) is 19.5. The number of thioether (sulfide) groups is 1. The van der Waals surface area contributed by atoms with Crippen LogP contribution in [0.3, 0.4) is 0 Å². The lowest BCUT2D eigenvalue weighted by Crippen LogP contribution is -2.39. The van der Waals surface area contributed by atoms with E-state index in [4.69, 9.17) is 0 Å². The minimum absolute atomic E-state index is 0. The van der Waals surface area contributed by atoms with Crippen LogP contribution in [-0.4, -0.2) is 40.5 Å². The zero-order chi connectivity index (χ0) is 15.2. The van der Waals surface area contributed by atoms with E-state index in [1.807, 2.05) is 36.9 Å². The second-order valence-corrected chi connectivity index (χ2v) is 7.87. The van der Waals surface area contributed by atoms with Crippen LogP contribution in [0.2, 0.25) is 0 Å². The molecule has 2 unspecified atom stereocenters. The number of halogens is 1. The lowest BCUT2D eigenvalue weighted by atomic mass is 10.1. The average Bonchev–Trinajstić information content (AvgIpc) is 2.44. The molecule has 1 aromatic carbocycles. The zero-order valence-corrected chi connectivity index (χ0v) is 15.3. The topological polar surface area (TPSA) is 58.2 Å². The third-order valence-corrected chi connectivity index (χ3v) is 5.36. The van der Waals surface area contributed by atoms with Gasteiger partial charge in [-0.2, -0.15) is 11.8 Å². The van der Waals surface area contributed by atoms with Crippen LogP contribution in [0.25, 0.3) is 0 Å². The summed E-state index contributed by atoms with van der Waals surface area (Å²) in [6.07, 6.45) is 2.19. The molecule has 1 fully saturated rings. The fraction of sp³-hybridized carbons (Fsp3) is 0.533. The number of nitrogens with one attached hydrogen (secondary N) is 2. The van der Waals surface area contributed by atoms with Crippen molar-refractivity contribution in [3.63, 3.8) is 0 Å². The molecule has 0 aromatic heterocycles. The number of hydrogen-bond donors (Lipinski definition) is 2. The molecular weight excluding hydrogens is 340 g/mol. The quantitative estimate of drug-likeness (QED) is 0.844. The van der Waals surface area contributed by atoms with E-state index in [9.17, 15) is 9.00 Å². The number of benzene rings is 1. The van der Waals surface area contributed by atoms with Crippen molar-refractivity contribution >= 4 is 46.6 Å². The largest absolute Gasteiger partial charge is 0.326 e. The maximum Gasteiger partial charge on any atom is 0.225 e. The van der Waals surface area contributed by atoms with Crippen LogP contribution >= 0.6 is 24.2 Å². The molecule has 0 aliphatic carbocycles. The SMILES string of the molecule is Cc1c(CS(C)=O)cccc1NC(=O)CC1CSCCN1.Cl. The van der Waals surface area contributed by atoms with E-state index in [1.54, 1.807) is 6.26 Å². The van der Waals surface area contributed by atoms with Gasteiger partial charge in [-0.25, -0.2) is 0 Å². The van der Waals surface area contributed by atoms with Crippen LogP contribution in [0.1, 0.15) is 17.5 Å². The van der Waals surface area contributed by atoms with Crippen molar-refractivity contribution < 1.29 is 9.00 Å². The van der Waals surface area contributed by atoms with Gasteiger partial charge in [0.25, 0.3) is 0 Å². The van der Waals surface area contributed by atoms with E-state index in [1.165, 1.54) is 0 Å². The Labute approximate surface area is 145 Å². The van der Waals surface area contributed by atoms with Gasteiger partial charge in [-0.05, 0) is 24.1 Å². The number of carbonyl (C=O) groups excluding carboxylic acids is 1. The summed E-state index contributed by atoms with van der Waals surface area (Å²) in [6, 6.07) is 6.03. The Bertz CT molecular complexity index is 534. The van der Waals surface area contributed by atoms with Crippen LogP contribution < -0.4 is 10.6 Å². The monoisotopic (exact) mass is 362 g/mol. The first-order valence-electron chi connectivity index (χ1n) is 7.05.